The molecular weight excluding hydrogens is 300 g/mol. The first-order valence-electron chi connectivity index (χ1n) is 8.53. The molecule has 0 spiro atoms. The predicted octanol–water partition coefficient (Wildman–Crippen LogP) is 4.74. The number of ether oxygens (including phenoxy) is 2. The Morgan fingerprint density at radius 2 is 1.83 bits per heavy atom. The van der Waals surface area contributed by atoms with Crippen molar-refractivity contribution in [3.63, 3.8) is 0 Å². The van der Waals surface area contributed by atoms with Gasteiger partial charge in [-0.15, -0.1) is 0 Å². The van der Waals surface area contributed by atoms with Crippen LogP contribution in [-0.4, -0.2) is 18.5 Å². The Morgan fingerprint density at radius 1 is 1.08 bits per heavy atom. The van der Waals surface area contributed by atoms with Crippen molar-refractivity contribution in [3.05, 3.63) is 48.5 Å². The average molecular weight is 324 g/mol. The van der Waals surface area contributed by atoms with Gasteiger partial charge in [-0.2, -0.15) is 0 Å². The molecule has 1 aliphatic carbocycles. The summed E-state index contributed by atoms with van der Waals surface area (Å²) in [5.74, 6) is 2.62. The van der Waals surface area contributed by atoms with E-state index in [-0.39, 0.29) is 17.8 Å². The van der Waals surface area contributed by atoms with Crippen LogP contribution in [0.2, 0.25) is 0 Å². The summed E-state index contributed by atoms with van der Waals surface area (Å²) in [7, 11) is 0. The van der Waals surface area contributed by atoms with Crippen LogP contribution >= 0.6 is 0 Å². The normalized spacial score (nSPS) is 19.2. The Bertz CT molecular complexity index is 703. The van der Waals surface area contributed by atoms with Crippen molar-refractivity contribution >= 4 is 5.78 Å². The van der Waals surface area contributed by atoms with Gasteiger partial charge in [-0.05, 0) is 62.6 Å². The number of carbonyl (C=O) groups excluding carboxylic acids is 1. The summed E-state index contributed by atoms with van der Waals surface area (Å²) < 4.78 is 11.5. The lowest BCUT2D eigenvalue weighted by atomic mass is 10.1. The van der Waals surface area contributed by atoms with E-state index < -0.39 is 0 Å². The molecule has 24 heavy (non-hydrogen) atoms. The van der Waals surface area contributed by atoms with E-state index in [9.17, 15) is 4.79 Å². The first-order valence-corrected chi connectivity index (χ1v) is 8.53. The van der Waals surface area contributed by atoms with Gasteiger partial charge in [0.25, 0.3) is 0 Å². The zero-order chi connectivity index (χ0) is 17.1. The largest absolute Gasteiger partial charge is 0.493 e. The van der Waals surface area contributed by atoms with Gasteiger partial charge in [-0.3, -0.25) is 4.79 Å². The summed E-state index contributed by atoms with van der Waals surface area (Å²) in [6, 6.07) is 16.2. The summed E-state index contributed by atoms with van der Waals surface area (Å²) in [5.41, 5.74) is 2.25. The molecular formula is C21H24O3. The van der Waals surface area contributed by atoms with E-state index in [0.29, 0.717) is 12.5 Å². The fourth-order valence-electron chi connectivity index (χ4n) is 2.90. The van der Waals surface area contributed by atoms with Crippen molar-refractivity contribution in [1.29, 1.82) is 0 Å². The fourth-order valence-corrected chi connectivity index (χ4v) is 2.90. The van der Waals surface area contributed by atoms with Crippen molar-refractivity contribution in [2.24, 2.45) is 11.8 Å². The zero-order valence-electron chi connectivity index (χ0n) is 14.5. The zero-order valence-corrected chi connectivity index (χ0v) is 14.5. The number of Topliss-reactive ketones (excluding diaryl/α,β-unsaturated/α-hetero) is 1. The third-order valence-electron chi connectivity index (χ3n) is 4.30. The Hall–Kier alpha value is -2.29. The van der Waals surface area contributed by atoms with Crippen LogP contribution in [0.4, 0.5) is 0 Å². The number of rotatable bonds is 7. The minimum absolute atomic E-state index is 0.164. The van der Waals surface area contributed by atoms with Crippen LogP contribution in [0.25, 0.3) is 11.1 Å². The molecule has 0 saturated heterocycles. The molecule has 3 nitrogen and oxygen atoms in total. The average Bonchev–Trinajstić information content (AvgIpc) is 3.33. The Labute approximate surface area is 143 Å². The lowest BCUT2D eigenvalue weighted by Crippen LogP contribution is -2.05. The molecule has 0 aromatic heterocycles. The number of benzene rings is 2. The first kappa shape index (κ1) is 16.6. The minimum atomic E-state index is 0.164. The standard InChI is InChI=1S/C21H24O3/c1-14(2)24-20-6-4-5-17(11-20)16-7-9-19(10-8-16)23-13-18-12-21(18)15(3)22/h4-11,14,18,21H,12-13H2,1-3H3. The summed E-state index contributed by atoms with van der Waals surface area (Å²) in [6.45, 7) is 6.34. The Kier molecular flexibility index (Phi) is 4.89. The number of carbonyl (C=O) groups is 1. The Balaban J connectivity index is 1.61. The second kappa shape index (κ2) is 7.08. The van der Waals surface area contributed by atoms with Crippen molar-refractivity contribution in [3.8, 4) is 22.6 Å². The van der Waals surface area contributed by atoms with Gasteiger partial charge >= 0.3 is 0 Å². The monoisotopic (exact) mass is 324 g/mol. The second-order valence-electron chi connectivity index (χ2n) is 6.74. The van der Waals surface area contributed by atoms with Gasteiger partial charge in [0.15, 0.2) is 0 Å². The summed E-state index contributed by atoms with van der Waals surface area (Å²) in [6.07, 6.45) is 1.13. The highest BCUT2D eigenvalue weighted by Gasteiger charge is 2.41. The SMILES string of the molecule is CC(=O)C1CC1COc1ccc(-c2cccc(OC(C)C)c2)cc1. The molecule has 2 aromatic rings. The molecule has 0 aliphatic heterocycles. The number of hydrogen-bond acceptors (Lipinski definition) is 3. The van der Waals surface area contributed by atoms with E-state index in [1.165, 1.54) is 0 Å². The molecule has 0 radical (unpaired) electrons. The highest BCUT2D eigenvalue weighted by Crippen LogP contribution is 2.39. The first-order chi connectivity index (χ1) is 11.5. The molecule has 3 rings (SSSR count). The van der Waals surface area contributed by atoms with Crippen LogP contribution in [0, 0.1) is 11.8 Å². The molecule has 3 heteroatoms. The third kappa shape index (κ3) is 4.16. The third-order valence-corrected chi connectivity index (χ3v) is 4.30. The van der Waals surface area contributed by atoms with E-state index >= 15 is 0 Å². The molecule has 1 aliphatic rings. The smallest absolute Gasteiger partial charge is 0.133 e. The topological polar surface area (TPSA) is 35.5 Å². The fraction of sp³-hybridized carbons (Fsp3) is 0.381. The van der Waals surface area contributed by atoms with Gasteiger partial charge in [0.05, 0.1) is 12.7 Å². The van der Waals surface area contributed by atoms with Crippen molar-refractivity contribution < 1.29 is 14.3 Å². The van der Waals surface area contributed by atoms with Gasteiger partial charge in [0.1, 0.15) is 17.3 Å². The van der Waals surface area contributed by atoms with Gasteiger partial charge < -0.3 is 9.47 Å². The van der Waals surface area contributed by atoms with Crippen LogP contribution in [0.1, 0.15) is 27.2 Å². The van der Waals surface area contributed by atoms with Gasteiger partial charge in [0, 0.05) is 11.8 Å². The lowest BCUT2D eigenvalue weighted by Gasteiger charge is -2.11. The van der Waals surface area contributed by atoms with Crippen LogP contribution < -0.4 is 9.47 Å². The Morgan fingerprint density at radius 3 is 2.46 bits per heavy atom. The molecule has 2 aromatic carbocycles. The summed E-state index contributed by atoms with van der Waals surface area (Å²) in [5, 5.41) is 0. The molecule has 2 atom stereocenters. The molecule has 1 fully saturated rings. The van der Waals surface area contributed by atoms with E-state index in [2.05, 4.69) is 24.3 Å². The minimum Gasteiger partial charge on any atom is -0.493 e. The molecule has 0 heterocycles. The quantitative estimate of drug-likeness (QED) is 0.737. The van der Waals surface area contributed by atoms with Crippen molar-refractivity contribution in [1.82, 2.24) is 0 Å². The second-order valence-corrected chi connectivity index (χ2v) is 6.74. The molecule has 126 valence electrons. The number of ketones is 1. The molecule has 0 bridgehead atoms. The van der Waals surface area contributed by atoms with Gasteiger partial charge in [-0.1, -0.05) is 24.3 Å². The van der Waals surface area contributed by atoms with E-state index in [1.54, 1.807) is 6.92 Å². The molecule has 2 unspecified atom stereocenters. The maximum atomic E-state index is 11.3. The van der Waals surface area contributed by atoms with Crippen LogP contribution in [0.3, 0.4) is 0 Å². The maximum Gasteiger partial charge on any atom is 0.133 e. The predicted molar refractivity (Wildman–Crippen MR) is 95.4 cm³/mol. The van der Waals surface area contributed by atoms with Crippen LogP contribution in [-0.2, 0) is 4.79 Å². The van der Waals surface area contributed by atoms with Crippen molar-refractivity contribution in [2.45, 2.75) is 33.3 Å². The van der Waals surface area contributed by atoms with E-state index in [0.717, 1.165) is 29.0 Å². The molecule has 1 saturated carbocycles. The molecule has 0 amide bonds. The van der Waals surface area contributed by atoms with Gasteiger partial charge in [-0.25, -0.2) is 0 Å². The number of hydrogen-bond donors (Lipinski definition) is 0. The maximum absolute atomic E-state index is 11.3. The summed E-state index contributed by atoms with van der Waals surface area (Å²) >= 11 is 0. The highest BCUT2D eigenvalue weighted by molar-refractivity contribution is 5.81. The van der Waals surface area contributed by atoms with Gasteiger partial charge in [0.2, 0.25) is 0 Å². The van der Waals surface area contributed by atoms with Crippen LogP contribution in [0.5, 0.6) is 11.5 Å². The summed E-state index contributed by atoms with van der Waals surface area (Å²) in [4.78, 5) is 11.3. The van der Waals surface area contributed by atoms with E-state index in [1.807, 2.05) is 38.1 Å². The highest BCUT2D eigenvalue weighted by atomic mass is 16.5. The van der Waals surface area contributed by atoms with Crippen molar-refractivity contribution in [2.75, 3.05) is 6.61 Å². The van der Waals surface area contributed by atoms with Crippen LogP contribution in [0.15, 0.2) is 48.5 Å². The lowest BCUT2D eigenvalue weighted by molar-refractivity contribution is -0.118. The van der Waals surface area contributed by atoms with E-state index in [4.69, 9.17) is 9.47 Å². The molecule has 0 N–H and O–H groups in total.